The summed E-state index contributed by atoms with van der Waals surface area (Å²) in [6.45, 7) is 0. The first kappa shape index (κ1) is 11.6. The number of halogens is 1. The zero-order valence-corrected chi connectivity index (χ0v) is 9.69. The van der Waals surface area contributed by atoms with Crippen molar-refractivity contribution in [3.8, 4) is 11.1 Å². The minimum Gasteiger partial charge on any atom is -0.481 e. The topological polar surface area (TPSA) is 50.2 Å². The van der Waals surface area contributed by atoms with Gasteiger partial charge in [0.15, 0.2) is 0 Å². The van der Waals surface area contributed by atoms with Crippen LogP contribution in [0.1, 0.15) is 5.69 Å². The van der Waals surface area contributed by atoms with E-state index in [1.807, 2.05) is 30.3 Å². The zero-order valence-electron chi connectivity index (χ0n) is 8.93. The Balaban J connectivity index is 2.46. The first-order valence-corrected chi connectivity index (χ1v) is 5.47. The van der Waals surface area contributed by atoms with Crippen LogP contribution in [0.25, 0.3) is 11.1 Å². The molecule has 0 saturated carbocycles. The molecule has 86 valence electrons. The van der Waals surface area contributed by atoms with E-state index in [9.17, 15) is 4.79 Å². The second-order valence-corrected chi connectivity index (χ2v) is 3.93. The molecule has 0 aliphatic rings. The molecule has 17 heavy (non-hydrogen) atoms. The van der Waals surface area contributed by atoms with Gasteiger partial charge in [-0.3, -0.25) is 9.78 Å². The van der Waals surface area contributed by atoms with Crippen molar-refractivity contribution in [1.82, 2.24) is 4.98 Å². The van der Waals surface area contributed by atoms with Gasteiger partial charge in [-0.15, -0.1) is 0 Å². The third-order valence-electron chi connectivity index (χ3n) is 2.36. The molecule has 2 aromatic rings. The molecule has 1 aromatic heterocycles. The summed E-state index contributed by atoms with van der Waals surface area (Å²) in [6.07, 6.45) is 1.41. The molecule has 0 bridgehead atoms. The van der Waals surface area contributed by atoms with Crippen molar-refractivity contribution in [3.63, 3.8) is 0 Å². The Morgan fingerprint density at radius 2 is 1.94 bits per heavy atom. The van der Waals surface area contributed by atoms with Gasteiger partial charge in [-0.25, -0.2) is 0 Å². The van der Waals surface area contributed by atoms with Gasteiger partial charge in [-0.1, -0.05) is 41.9 Å². The lowest BCUT2D eigenvalue weighted by molar-refractivity contribution is -0.136. The van der Waals surface area contributed by atoms with Crippen LogP contribution >= 0.6 is 11.6 Å². The fourth-order valence-electron chi connectivity index (χ4n) is 1.59. The fourth-order valence-corrected chi connectivity index (χ4v) is 1.88. The standard InChI is InChI=1S/C13H10ClNO2/c14-13-10(9-4-2-1-3-5-9)6-7-15-11(13)8-12(16)17/h1-7H,8H2,(H,16,17). The Morgan fingerprint density at radius 1 is 1.24 bits per heavy atom. The number of carbonyl (C=O) groups is 1. The van der Waals surface area contributed by atoms with Crippen LogP contribution in [0.3, 0.4) is 0 Å². The smallest absolute Gasteiger partial charge is 0.309 e. The molecule has 0 radical (unpaired) electrons. The number of benzene rings is 1. The van der Waals surface area contributed by atoms with E-state index in [-0.39, 0.29) is 6.42 Å². The maximum absolute atomic E-state index is 10.7. The molecule has 1 heterocycles. The summed E-state index contributed by atoms with van der Waals surface area (Å²) < 4.78 is 0. The number of hydrogen-bond donors (Lipinski definition) is 1. The highest BCUT2D eigenvalue weighted by atomic mass is 35.5. The van der Waals surface area contributed by atoms with Crippen LogP contribution in [0.5, 0.6) is 0 Å². The van der Waals surface area contributed by atoms with Gasteiger partial charge >= 0.3 is 5.97 Å². The normalized spacial score (nSPS) is 10.2. The first-order chi connectivity index (χ1) is 8.18. The van der Waals surface area contributed by atoms with Gasteiger partial charge in [-0.05, 0) is 11.6 Å². The van der Waals surface area contributed by atoms with Gasteiger partial charge in [0.05, 0.1) is 17.1 Å². The van der Waals surface area contributed by atoms with Crippen molar-refractivity contribution >= 4 is 17.6 Å². The average Bonchev–Trinajstić information content (AvgIpc) is 2.32. The van der Waals surface area contributed by atoms with E-state index in [4.69, 9.17) is 16.7 Å². The minimum atomic E-state index is -0.940. The number of aliphatic carboxylic acids is 1. The number of carboxylic acids is 1. The van der Waals surface area contributed by atoms with Crippen LogP contribution in [-0.4, -0.2) is 16.1 Å². The molecule has 0 spiro atoms. The average molecular weight is 248 g/mol. The third kappa shape index (κ3) is 2.63. The molecule has 1 aromatic carbocycles. The minimum absolute atomic E-state index is 0.167. The Morgan fingerprint density at radius 3 is 2.59 bits per heavy atom. The Bertz CT molecular complexity index is 540. The molecule has 0 saturated heterocycles. The van der Waals surface area contributed by atoms with Crippen LogP contribution in [0.4, 0.5) is 0 Å². The van der Waals surface area contributed by atoms with Gasteiger partial charge in [-0.2, -0.15) is 0 Å². The molecule has 0 aliphatic heterocycles. The van der Waals surface area contributed by atoms with E-state index < -0.39 is 5.97 Å². The lowest BCUT2D eigenvalue weighted by Gasteiger charge is -2.07. The highest BCUT2D eigenvalue weighted by Gasteiger charge is 2.11. The largest absolute Gasteiger partial charge is 0.481 e. The molecule has 2 rings (SSSR count). The number of pyridine rings is 1. The molecule has 0 unspecified atom stereocenters. The second-order valence-electron chi connectivity index (χ2n) is 3.56. The molecule has 0 atom stereocenters. The van der Waals surface area contributed by atoms with E-state index in [0.717, 1.165) is 11.1 Å². The first-order valence-electron chi connectivity index (χ1n) is 5.09. The van der Waals surface area contributed by atoms with Crippen LogP contribution in [-0.2, 0) is 11.2 Å². The van der Waals surface area contributed by atoms with Gasteiger partial charge in [0.1, 0.15) is 0 Å². The van der Waals surface area contributed by atoms with Crippen molar-refractivity contribution < 1.29 is 9.90 Å². The van der Waals surface area contributed by atoms with Crippen molar-refractivity contribution in [2.45, 2.75) is 6.42 Å². The highest BCUT2D eigenvalue weighted by molar-refractivity contribution is 6.34. The van der Waals surface area contributed by atoms with Crippen LogP contribution < -0.4 is 0 Å². The maximum atomic E-state index is 10.7. The van der Waals surface area contributed by atoms with Crippen LogP contribution in [0.15, 0.2) is 42.6 Å². The SMILES string of the molecule is O=C(O)Cc1nccc(-c2ccccc2)c1Cl. The number of hydrogen-bond acceptors (Lipinski definition) is 2. The summed E-state index contributed by atoms with van der Waals surface area (Å²) in [5.41, 5.74) is 2.14. The molecular formula is C13H10ClNO2. The van der Waals surface area contributed by atoms with Gasteiger partial charge in [0.25, 0.3) is 0 Å². The van der Waals surface area contributed by atoms with Gasteiger partial charge in [0, 0.05) is 11.8 Å². The molecule has 1 N–H and O–H groups in total. The second kappa shape index (κ2) is 4.97. The maximum Gasteiger partial charge on any atom is 0.309 e. The number of nitrogens with zero attached hydrogens (tertiary/aromatic N) is 1. The molecular weight excluding hydrogens is 238 g/mol. The quantitative estimate of drug-likeness (QED) is 0.907. The Hall–Kier alpha value is -1.87. The van der Waals surface area contributed by atoms with Crippen molar-refractivity contribution in [2.24, 2.45) is 0 Å². The Labute approximate surface area is 104 Å². The van der Waals surface area contributed by atoms with E-state index in [1.54, 1.807) is 12.3 Å². The highest BCUT2D eigenvalue weighted by Crippen LogP contribution is 2.29. The van der Waals surface area contributed by atoms with E-state index in [1.165, 1.54) is 0 Å². The summed E-state index contributed by atoms with van der Waals surface area (Å²) in [7, 11) is 0. The summed E-state index contributed by atoms with van der Waals surface area (Å²) >= 11 is 6.16. The summed E-state index contributed by atoms with van der Waals surface area (Å²) in [6, 6.07) is 11.4. The molecule has 0 amide bonds. The summed E-state index contributed by atoms with van der Waals surface area (Å²) in [4.78, 5) is 14.7. The number of rotatable bonds is 3. The molecule has 0 aliphatic carbocycles. The summed E-state index contributed by atoms with van der Waals surface area (Å²) in [5.74, 6) is -0.940. The summed E-state index contributed by atoms with van der Waals surface area (Å²) in [5, 5.41) is 9.16. The van der Waals surface area contributed by atoms with Gasteiger partial charge < -0.3 is 5.11 Å². The van der Waals surface area contributed by atoms with Crippen LogP contribution in [0, 0.1) is 0 Å². The van der Waals surface area contributed by atoms with Crippen LogP contribution in [0.2, 0.25) is 5.02 Å². The predicted molar refractivity (Wildman–Crippen MR) is 66.0 cm³/mol. The Kier molecular flexibility index (Phi) is 3.40. The fraction of sp³-hybridized carbons (Fsp3) is 0.0769. The molecule has 0 fully saturated rings. The van der Waals surface area contributed by atoms with E-state index in [0.29, 0.717) is 10.7 Å². The van der Waals surface area contributed by atoms with Crippen molar-refractivity contribution in [1.29, 1.82) is 0 Å². The third-order valence-corrected chi connectivity index (χ3v) is 2.79. The monoisotopic (exact) mass is 247 g/mol. The zero-order chi connectivity index (χ0) is 12.3. The van der Waals surface area contributed by atoms with Gasteiger partial charge in [0.2, 0.25) is 0 Å². The predicted octanol–water partition coefficient (Wildman–Crippen LogP) is 3.03. The number of carboxylic acid groups (broad SMARTS) is 1. The van der Waals surface area contributed by atoms with Crippen molar-refractivity contribution in [2.75, 3.05) is 0 Å². The van der Waals surface area contributed by atoms with E-state index in [2.05, 4.69) is 4.98 Å². The van der Waals surface area contributed by atoms with Crippen molar-refractivity contribution in [3.05, 3.63) is 53.3 Å². The lowest BCUT2D eigenvalue weighted by atomic mass is 10.1. The molecule has 4 heteroatoms. The molecule has 3 nitrogen and oxygen atoms in total. The lowest BCUT2D eigenvalue weighted by Crippen LogP contribution is -2.03. The number of aromatic nitrogens is 1. The van der Waals surface area contributed by atoms with E-state index >= 15 is 0 Å².